The summed E-state index contributed by atoms with van der Waals surface area (Å²) in [5.41, 5.74) is 1.28. The predicted molar refractivity (Wildman–Crippen MR) is 76.4 cm³/mol. The van der Waals surface area contributed by atoms with Crippen molar-refractivity contribution in [2.45, 2.75) is 58.8 Å². The van der Waals surface area contributed by atoms with E-state index in [1.54, 1.807) is 0 Å². The Hall–Kier alpha value is -0.755. The molecule has 1 aromatic carbocycles. The number of hydrogen-bond acceptors (Lipinski definition) is 1. The third-order valence-corrected chi connectivity index (χ3v) is 3.09. The molecule has 17 heavy (non-hydrogen) atoms. The fraction of sp³-hybridized carbons (Fsp3) is 0.600. The second-order valence-electron chi connectivity index (χ2n) is 4.70. The molecule has 2 heteroatoms. The Morgan fingerprint density at radius 1 is 0.941 bits per heavy atom. The molecule has 1 nitrogen and oxygen atoms in total. The number of benzene rings is 1. The van der Waals surface area contributed by atoms with Gasteiger partial charge in [0, 0.05) is 0 Å². The average Bonchev–Trinajstić information content (AvgIpc) is 2.39. The quantitative estimate of drug-likeness (QED) is 0.556. The van der Waals surface area contributed by atoms with Gasteiger partial charge in [-0.05, 0) is 18.2 Å². The summed E-state index contributed by atoms with van der Waals surface area (Å²) in [4.78, 5) is 0. The Kier molecular flexibility index (Phi) is 7.82. The Bertz CT molecular complexity index is 266. The lowest BCUT2D eigenvalue weighted by Gasteiger charge is -2.14. The predicted octanol–water partition coefficient (Wildman–Crippen LogP) is 4.79. The van der Waals surface area contributed by atoms with E-state index in [2.05, 4.69) is 44.2 Å². The highest BCUT2D eigenvalue weighted by molar-refractivity contribution is 6.51. The van der Waals surface area contributed by atoms with Crippen LogP contribution in [0.25, 0.3) is 0 Å². The van der Waals surface area contributed by atoms with Crippen LogP contribution in [0.2, 0.25) is 12.6 Å². The van der Waals surface area contributed by atoms with Crippen molar-refractivity contribution in [3.8, 4) is 0 Å². The molecular formula is C15H25BO. The molecule has 0 saturated carbocycles. The van der Waals surface area contributed by atoms with Gasteiger partial charge in [0.2, 0.25) is 0 Å². The first-order valence-corrected chi connectivity index (χ1v) is 7.02. The summed E-state index contributed by atoms with van der Waals surface area (Å²) in [5, 5.41) is 0. The van der Waals surface area contributed by atoms with Gasteiger partial charge in [0.05, 0.1) is 6.61 Å². The fourth-order valence-electron chi connectivity index (χ4n) is 1.96. The van der Waals surface area contributed by atoms with Gasteiger partial charge in [-0.25, -0.2) is 0 Å². The highest BCUT2D eigenvalue weighted by Crippen LogP contribution is 2.13. The molecule has 0 heterocycles. The number of rotatable bonds is 9. The highest BCUT2D eigenvalue weighted by Gasteiger charge is 2.14. The van der Waals surface area contributed by atoms with Crippen molar-refractivity contribution in [3.63, 3.8) is 0 Å². The largest absolute Gasteiger partial charge is 0.432 e. The number of hydrogen-bond donors (Lipinski definition) is 0. The van der Waals surface area contributed by atoms with Crippen LogP contribution in [0.3, 0.4) is 0 Å². The minimum atomic E-state index is 0.454. The maximum absolute atomic E-state index is 6.03. The molecule has 0 amide bonds. The van der Waals surface area contributed by atoms with E-state index in [0.29, 0.717) is 6.92 Å². The topological polar surface area (TPSA) is 9.23 Å². The maximum Gasteiger partial charge on any atom is 0.293 e. The highest BCUT2D eigenvalue weighted by atomic mass is 16.4. The van der Waals surface area contributed by atoms with Crippen molar-refractivity contribution >= 4 is 6.92 Å². The van der Waals surface area contributed by atoms with E-state index in [0.717, 1.165) is 6.61 Å². The van der Waals surface area contributed by atoms with Crippen LogP contribution in [-0.4, -0.2) is 6.92 Å². The molecular weight excluding hydrogens is 207 g/mol. The van der Waals surface area contributed by atoms with Gasteiger partial charge in [0.25, 0.3) is 6.92 Å². The van der Waals surface area contributed by atoms with Crippen LogP contribution in [0, 0.1) is 0 Å². The molecule has 0 fully saturated rings. The van der Waals surface area contributed by atoms with Crippen molar-refractivity contribution in [1.29, 1.82) is 0 Å². The van der Waals surface area contributed by atoms with E-state index >= 15 is 0 Å². The lowest BCUT2D eigenvalue weighted by atomic mass is 9.59. The summed E-state index contributed by atoms with van der Waals surface area (Å²) in [6.07, 6.45) is 7.51. The van der Waals surface area contributed by atoms with E-state index in [9.17, 15) is 0 Å². The Labute approximate surface area is 107 Å². The first-order chi connectivity index (χ1) is 8.36. The molecule has 0 atom stereocenters. The standard InChI is InChI=1S/C15H25BO/c1-3-5-12-16(13-6-4-2)17-14-15-10-8-7-9-11-15/h7-11H,3-6,12-14H2,1-2H3. The van der Waals surface area contributed by atoms with E-state index < -0.39 is 0 Å². The third kappa shape index (κ3) is 6.53. The van der Waals surface area contributed by atoms with E-state index in [1.165, 1.54) is 43.9 Å². The van der Waals surface area contributed by atoms with E-state index in [1.807, 2.05) is 0 Å². The summed E-state index contributed by atoms with van der Waals surface area (Å²) in [7, 11) is 0. The Morgan fingerprint density at radius 2 is 1.53 bits per heavy atom. The van der Waals surface area contributed by atoms with Crippen molar-refractivity contribution in [3.05, 3.63) is 35.9 Å². The van der Waals surface area contributed by atoms with Gasteiger partial charge in [-0.15, -0.1) is 0 Å². The molecule has 0 bridgehead atoms. The van der Waals surface area contributed by atoms with Crippen LogP contribution in [0.15, 0.2) is 30.3 Å². The van der Waals surface area contributed by atoms with Gasteiger partial charge in [-0.1, -0.05) is 69.9 Å². The first-order valence-electron chi connectivity index (χ1n) is 7.02. The molecule has 0 aliphatic carbocycles. The maximum atomic E-state index is 6.03. The van der Waals surface area contributed by atoms with Gasteiger partial charge in [-0.2, -0.15) is 0 Å². The fourth-order valence-corrected chi connectivity index (χ4v) is 1.96. The normalized spacial score (nSPS) is 10.5. The second-order valence-corrected chi connectivity index (χ2v) is 4.70. The summed E-state index contributed by atoms with van der Waals surface area (Å²) < 4.78 is 6.03. The van der Waals surface area contributed by atoms with Crippen LogP contribution in [0.1, 0.15) is 45.1 Å². The molecule has 0 aromatic heterocycles. The molecule has 1 aromatic rings. The molecule has 0 N–H and O–H groups in total. The molecule has 0 saturated heterocycles. The zero-order valence-electron chi connectivity index (χ0n) is 11.3. The summed E-state index contributed by atoms with van der Waals surface area (Å²) in [6.45, 7) is 5.70. The van der Waals surface area contributed by atoms with Crippen LogP contribution in [0.4, 0.5) is 0 Å². The van der Waals surface area contributed by atoms with Gasteiger partial charge >= 0.3 is 0 Å². The molecule has 0 radical (unpaired) electrons. The minimum Gasteiger partial charge on any atom is -0.432 e. The minimum absolute atomic E-state index is 0.454. The van der Waals surface area contributed by atoms with E-state index in [4.69, 9.17) is 4.65 Å². The van der Waals surface area contributed by atoms with Gasteiger partial charge in [-0.3, -0.25) is 0 Å². The lowest BCUT2D eigenvalue weighted by Crippen LogP contribution is -2.17. The average molecular weight is 232 g/mol. The molecule has 0 spiro atoms. The zero-order chi connectivity index (χ0) is 12.3. The van der Waals surface area contributed by atoms with Crippen LogP contribution in [0.5, 0.6) is 0 Å². The Balaban J connectivity index is 2.31. The van der Waals surface area contributed by atoms with E-state index in [-0.39, 0.29) is 0 Å². The van der Waals surface area contributed by atoms with Crippen molar-refractivity contribution in [1.82, 2.24) is 0 Å². The van der Waals surface area contributed by atoms with Crippen LogP contribution >= 0.6 is 0 Å². The van der Waals surface area contributed by atoms with Crippen LogP contribution < -0.4 is 0 Å². The van der Waals surface area contributed by atoms with Crippen LogP contribution in [-0.2, 0) is 11.3 Å². The molecule has 1 rings (SSSR count). The van der Waals surface area contributed by atoms with Crippen molar-refractivity contribution in [2.75, 3.05) is 0 Å². The lowest BCUT2D eigenvalue weighted by molar-refractivity contribution is 0.304. The second kappa shape index (κ2) is 9.29. The monoisotopic (exact) mass is 232 g/mol. The molecule has 0 aliphatic rings. The van der Waals surface area contributed by atoms with Crippen molar-refractivity contribution < 1.29 is 4.65 Å². The number of unbranched alkanes of at least 4 members (excludes halogenated alkanes) is 2. The van der Waals surface area contributed by atoms with Gasteiger partial charge in [0.15, 0.2) is 0 Å². The zero-order valence-corrected chi connectivity index (χ0v) is 11.3. The molecule has 0 unspecified atom stereocenters. The van der Waals surface area contributed by atoms with Gasteiger partial charge in [0.1, 0.15) is 0 Å². The SMILES string of the molecule is CCCCB(CCCC)OCc1ccccc1. The summed E-state index contributed by atoms with van der Waals surface area (Å²) in [6, 6.07) is 10.5. The van der Waals surface area contributed by atoms with Crippen molar-refractivity contribution in [2.24, 2.45) is 0 Å². The molecule has 94 valence electrons. The molecule has 0 aliphatic heterocycles. The first kappa shape index (κ1) is 14.3. The van der Waals surface area contributed by atoms with Gasteiger partial charge < -0.3 is 4.65 Å². The Morgan fingerprint density at radius 3 is 2.06 bits per heavy atom. The summed E-state index contributed by atoms with van der Waals surface area (Å²) >= 11 is 0. The third-order valence-electron chi connectivity index (χ3n) is 3.09. The smallest absolute Gasteiger partial charge is 0.293 e. The summed E-state index contributed by atoms with van der Waals surface area (Å²) in [5.74, 6) is 0.